The van der Waals surface area contributed by atoms with Gasteiger partial charge in [-0.3, -0.25) is 4.79 Å². The topological polar surface area (TPSA) is 53.5 Å². The molecule has 0 unspecified atom stereocenters. The Morgan fingerprint density at radius 1 is 1.26 bits per heavy atom. The number of carbonyl (C=O) groups excluding carboxylic acids is 1. The number of hydrazone groups is 1. The molecule has 0 saturated carbocycles. The van der Waals surface area contributed by atoms with Crippen molar-refractivity contribution in [2.75, 3.05) is 11.9 Å². The zero-order chi connectivity index (χ0) is 14.5. The average molecular weight is 261 g/mol. The van der Waals surface area contributed by atoms with Crippen LogP contribution in [0.5, 0.6) is 0 Å². The molecule has 0 spiro atoms. The highest BCUT2D eigenvalue weighted by atomic mass is 16.2. The largest absolute Gasteiger partial charge is 0.376 e. The predicted octanol–water partition coefficient (Wildman–Crippen LogP) is 2.95. The SMILES string of the molecule is C/C(=N/NC(=O)CNc1ccccc1C)C(C)(C)C. The first-order chi connectivity index (χ1) is 8.80. The Morgan fingerprint density at radius 2 is 1.89 bits per heavy atom. The second kappa shape index (κ2) is 6.36. The van der Waals surface area contributed by atoms with Crippen molar-refractivity contribution in [1.29, 1.82) is 0 Å². The molecule has 0 radical (unpaired) electrons. The molecule has 0 aliphatic rings. The molecule has 104 valence electrons. The van der Waals surface area contributed by atoms with Crippen molar-refractivity contribution in [2.24, 2.45) is 10.5 Å². The molecule has 0 aromatic heterocycles. The second-order valence-corrected chi connectivity index (χ2v) is 5.65. The first-order valence-electron chi connectivity index (χ1n) is 6.44. The summed E-state index contributed by atoms with van der Waals surface area (Å²) in [5.74, 6) is -0.146. The number of carbonyl (C=O) groups is 1. The summed E-state index contributed by atoms with van der Waals surface area (Å²) in [5.41, 5.74) is 5.52. The first-order valence-corrected chi connectivity index (χ1v) is 6.44. The van der Waals surface area contributed by atoms with Gasteiger partial charge in [0.15, 0.2) is 0 Å². The number of anilines is 1. The quantitative estimate of drug-likeness (QED) is 0.646. The fourth-order valence-electron chi connectivity index (χ4n) is 1.30. The molecule has 0 atom stereocenters. The molecular formula is C15H23N3O. The van der Waals surface area contributed by atoms with E-state index >= 15 is 0 Å². The third-order valence-electron chi connectivity index (χ3n) is 3.02. The Morgan fingerprint density at radius 3 is 2.47 bits per heavy atom. The molecule has 2 N–H and O–H groups in total. The summed E-state index contributed by atoms with van der Waals surface area (Å²) in [7, 11) is 0. The van der Waals surface area contributed by atoms with Gasteiger partial charge in [-0.05, 0) is 25.5 Å². The monoisotopic (exact) mass is 261 g/mol. The number of hydrogen-bond acceptors (Lipinski definition) is 3. The molecule has 0 aliphatic carbocycles. The Hall–Kier alpha value is -1.84. The van der Waals surface area contributed by atoms with Crippen LogP contribution in [0, 0.1) is 12.3 Å². The van der Waals surface area contributed by atoms with E-state index in [1.165, 1.54) is 0 Å². The molecule has 4 heteroatoms. The summed E-state index contributed by atoms with van der Waals surface area (Å²) in [4.78, 5) is 11.7. The predicted molar refractivity (Wildman–Crippen MR) is 80.4 cm³/mol. The van der Waals surface area contributed by atoms with Crippen LogP contribution < -0.4 is 10.7 Å². The second-order valence-electron chi connectivity index (χ2n) is 5.65. The number of amides is 1. The van der Waals surface area contributed by atoms with Crippen molar-refractivity contribution in [3.63, 3.8) is 0 Å². The standard InChI is InChI=1S/C15H23N3O/c1-11-8-6-7-9-13(11)16-10-14(19)18-17-12(2)15(3,4)5/h6-9,16H,10H2,1-5H3,(H,18,19)/b17-12-. The van der Waals surface area contributed by atoms with E-state index in [1.54, 1.807) is 0 Å². The summed E-state index contributed by atoms with van der Waals surface area (Å²) >= 11 is 0. The Kier molecular flexibility index (Phi) is 5.10. The van der Waals surface area contributed by atoms with Crippen LogP contribution in [0.15, 0.2) is 29.4 Å². The molecule has 1 rings (SSSR count). The van der Waals surface area contributed by atoms with Gasteiger partial charge in [-0.1, -0.05) is 39.0 Å². The van der Waals surface area contributed by atoms with Gasteiger partial charge < -0.3 is 5.32 Å². The van der Waals surface area contributed by atoms with Gasteiger partial charge in [0.2, 0.25) is 0 Å². The fraction of sp³-hybridized carbons (Fsp3) is 0.467. The van der Waals surface area contributed by atoms with Crippen LogP contribution in [0.25, 0.3) is 0 Å². The average Bonchev–Trinajstić information content (AvgIpc) is 2.33. The van der Waals surface area contributed by atoms with Crippen molar-refractivity contribution in [2.45, 2.75) is 34.6 Å². The van der Waals surface area contributed by atoms with E-state index in [0.29, 0.717) is 0 Å². The summed E-state index contributed by atoms with van der Waals surface area (Å²) in [6.07, 6.45) is 0. The third-order valence-corrected chi connectivity index (χ3v) is 3.02. The van der Waals surface area contributed by atoms with E-state index in [0.717, 1.165) is 17.0 Å². The molecule has 0 bridgehead atoms. The van der Waals surface area contributed by atoms with E-state index in [2.05, 4.69) is 36.6 Å². The lowest BCUT2D eigenvalue weighted by Gasteiger charge is -2.17. The molecule has 1 aromatic carbocycles. The number of rotatable bonds is 4. The van der Waals surface area contributed by atoms with Crippen LogP contribution in [0.3, 0.4) is 0 Å². The molecule has 1 aromatic rings. The van der Waals surface area contributed by atoms with Crippen molar-refractivity contribution < 1.29 is 4.79 Å². The van der Waals surface area contributed by atoms with Crippen molar-refractivity contribution in [3.05, 3.63) is 29.8 Å². The van der Waals surface area contributed by atoms with Gasteiger partial charge in [-0.25, -0.2) is 5.43 Å². The van der Waals surface area contributed by atoms with E-state index in [1.807, 2.05) is 38.1 Å². The van der Waals surface area contributed by atoms with Gasteiger partial charge in [0.25, 0.3) is 5.91 Å². The van der Waals surface area contributed by atoms with E-state index in [9.17, 15) is 4.79 Å². The normalized spacial score (nSPS) is 12.2. The van der Waals surface area contributed by atoms with Gasteiger partial charge in [0.1, 0.15) is 0 Å². The van der Waals surface area contributed by atoms with Crippen LogP contribution >= 0.6 is 0 Å². The lowest BCUT2D eigenvalue weighted by Crippen LogP contribution is -2.29. The summed E-state index contributed by atoms with van der Waals surface area (Å²) in [6, 6.07) is 7.86. The highest BCUT2D eigenvalue weighted by molar-refractivity contribution is 5.89. The van der Waals surface area contributed by atoms with Crippen LogP contribution in [-0.4, -0.2) is 18.2 Å². The minimum atomic E-state index is -0.146. The highest BCUT2D eigenvalue weighted by Crippen LogP contribution is 2.15. The first kappa shape index (κ1) is 15.2. The maximum atomic E-state index is 11.7. The minimum absolute atomic E-state index is 0.0310. The number of nitrogens with one attached hydrogen (secondary N) is 2. The molecule has 4 nitrogen and oxygen atoms in total. The molecule has 1 amide bonds. The van der Waals surface area contributed by atoms with Crippen molar-refractivity contribution in [1.82, 2.24) is 5.43 Å². The van der Waals surface area contributed by atoms with Crippen molar-refractivity contribution >= 4 is 17.3 Å². The lowest BCUT2D eigenvalue weighted by molar-refractivity contribution is -0.119. The van der Waals surface area contributed by atoms with E-state index < -0.39 is 0 Å². The van der Waals surface area contributed by atoms with Gasteiger partial charge in [-0.2, -0.15) is 5.10 Å². The summed E-state index contributed by atoms with van der Waals surface area (Å²) in [5, 5.41) is 7.20. The molecule has 0 heterocycles. The maximum Gasteiger partial charge on any atom is 0.259 e. The minimum Gasteiger partial charge on any atom is -0.376 e. The molecular weight excluding hydrogens is 238 g/mol. The zero-order valence-corrected chi connectivity index (χ0v) is 12.4. The van der Waals surface area contributed by atoms with E-state index in [4.69, 9.17) is 0 Å². The van der Waals surface area contributed by atoms with Crippen LogP contribution in [0.1, 0.15) is 33.3 Å². The number of para-hydroxylation sites is 1. The molecule has 0 aliphatic heterocycles. The lowest BCUT2D eigenvalue weighted by atomic mass is 9.91. The van der Waals surface area contributed by atoms with Gasteiger partial charge in [-0.15, -0.1) is 0 Å². The van der Waals surface area contributed by atoms with Crippen LogP contribution in [-0.2, 0) is 4.79 Å². The molecule has 19 heavy (non-hydrogen) atoms. The summed E-state index contributed by atoms with van der Waals surface area (Å²) in [6.45, 7) is 10.3. The maximum absolute atomic E-state index is 11.7. The van der Waals surface area contributed by atoms with E-state index in [-0.39, 0.29) is 17.9 Å². The third kappa shape index (κ3) is 5.12. The summed E-state index contributed by atoms with van der Waals surface area (Å²) < 4.78 is 0. The van der Waals surface area contributed by atoms with Gasteiger partial charge >= 0.3 is 0 Å². The van der Waals surface area contributed by atoms with Gasteiger partial charge in [0.05, 0.1) is 6.54 Å². The van der Waals surface area contributed by atoms with Crippen LogP contribution in [0.4, 0.5) is 5.69 Å². The fourth-order valence-corrected chi connectivity index (χ4v) is 1.30. The van der Waals surface area contributed by atoms with Crippen molar-refractivity contribution in [3.8, 4) is 0 Å². The Bertz CT molecular complexity index is 473. The van der Waals surface area contributed by atoms with Gasteiger partial charge in [0, 0.05) is 16.8 Å². The molecule has 0 fully saturated rings. The number of aryl methyl sites for hydroxylation is 1. The smallest absolute Gasteiger partial charge is 0.259 e. The Balaban J connectivity index is 2.48. The zero-order valence-electron chi connectivity index (χ0n) is 12.4. The Labute approximate surface area is 115 Å². The number of hydrogen-bond donors (Lipinski definition) is 2. The number of nitrogens with zero attached hydrogens (tertiary/aromatic N) is 1. The highest BCUT2D eigenvalue weighted by Gasteiger charge is 2.14. The molecule has 0 saturated heterocycles. The van der Waals surface area contributed by atoms with Crippen LogP contribution in [0.2, 0.25) is 0 Å². The number of benzene rings is 1.